The Hall–Kier alpha value is -1.85. The number of aliphatic hydroxyl groups excluding tert-OH is 4. The molecule has 10 nitrogen and oxygen atoms in total. The first kappa shape index (κ1) is 18.5. The van der Waals surface area contributed by atoms with Gasteiger partial charge in [0.2, 0.25) is 0 Å². The van der Waals surface area contributed by atoms with Crippen molar-refractivity contribution in [2.24, 2.45) is 0 Å². The van der Waals surface area contributed by atoms with E-state index in [0.717, 1.165) is 0 Å². The lowest BCUT2D eigenvalue weighted by Gasteiger charge is -2.23. The Morgan fingerprint density at radius 2 is 2.08 bits per heavy atom. The van der Waals surface area contributed by atoms with Crippen LogP contribution in [0.1, 0.15) is 17.5 Å². The highest BCUT2D eigenvalue weighted by Gasteiger charge is 2.32. The minimum Gasteiger partial charge on any atom is -0.430 e. The lowest BCUT2D eigenvalue weighted by molar-refractivity contribution is -0.0950. The van der Waals surface area contributed by atoms with Gasteiger partial charge in [0.05, 0.1) is 24.2 Å². The van der Waals surface area contributed by atoms with Crippen LogP contribution in [-0.2, 0) is 20.6 Å². The van der Waals surface area contributed by atoms with Crippen molar-refractivity contribution >= 4 is 6.16 Å². The number of aromatic nitrogens is 2. The van der Waals surface area contributed by atoms with E-state index >= 15 is 0 Å². The molecule has 1 saturated heterocycles. The maximum Gasteiger partial charge on any atom is 0.508 e. The molecule has 1 fully saturated rings. The first-order valence-corrected chi connectivity index (χ1v) is 7.28. The molecule has 0 bridgehead atoms. The molecule has 0 aromatic carbocycles. The van der Waals surface area contributed by atoms with E-state index in [1.54, 1.807) is 0 Å². The van der Waals surface area contributed by atoms with Crippen LogP contribution in [0, 0.1) is 0 Å². The number of cyclic esters (lactones) is 2. The molecule has 2 rings (SSSR count). The Labute approximate surface area is 137 Å². The van der Waals surface area contributed by atoms with E-state index in [1.807, 2.05) is 0 Å². The molecular weight excluding hydrogens is 324 g/mol. The van der Waals surface area contributed by atoms with E-state index in [-0.39, 0.29) is 18.7 Å². The van der Waals surface area contributed by atoms with Crippen LogP contribution < -0.4 is 0 Å². The second-order valence-corrected chi connectivity index (χ2v) is 5.31. The summed E-state index contributed by atoms with van der Waals surface area (Å²) in [5.74, 6) is 0. The molecule has 4 N–H and O–H groups in total. The Kier molecular flexibility index (Phi) is 6.40. The van der Waals surface area contributed by atoms with Gasteiger partial charge >= 0.3 is 6.16 Å². The minimum absolute atomic E-state index is 0.0318. The van der Waals surface area contributed by atoms with Crippen LogP contribution in [0.3, 0.4) is 0 Å². The fourth-order valence-electron chi connectivity index (χ4n) is 2.20. The minimum atomic E-state index is -1.39. The van der Waals surface area contributed by atoms with Gasteiger partial charge in [-0.05, 0) is 0 Å². The van der Waals surface area contributed by atoms with E-state index in [0.29, 0.717) is 5.69 Å². The topological polar surface area (TPSA) is 151 Å². The third-order valence-corrected chi connectivity index (χ3v) is 3.68. The van der Waals surface area contributed by atoms with Gasteiger partial charge in [-0.3, -0.25) is 9.97 Å². The number of carbonyl (C=O) groups is 1. The number of hydrogen-bond donors (Lipinski definition) is 4. The number of methoxy groups -OCH3 is 1. The van der Waals surface area contributed by atoms with E-state index in [1.165, 1.54) is 19.5 Å². The number of carbonyl (C=O) groups excluding carboxylic acids is 1. The lowest BCUT2D eigenvalue weighted by Crippen LogP contribution is -2.36. The summed E-state index contributed by atoms with van der Waals surface area (Å²) in [5, 5.41) is 39.0. The zero-order valence-corrected chi connectivity index (χ0v) is 13.0. The van der Waals surface area contributed by atoms with E-state index in [4.69, 9.17) is 14.6 Å². The number of rotatable bonds is 8. The summed E-state index contributed by atoms with van der Waals surface area (Å²) in [6.07, 6.45) is -3.67. The molecule has 134 valence electrons. The van der Waals surface area contributed by atoms with E-state index in [9.17, 15) is 20.1 Å². The summed E-state index contributed by atoms with van der Waals surface area (Å²) in [6.45, 7) is -0.495. The standard InChI is InChI=1S/C14H20N2O8/c1-22-10(5-17)13(20)12(19)8-4-15-7(3-16-8)2-9(18)11-6-23-14(21)24-11/h3-4,9-13,17-20H,2,5-6H2,1H3. The van der Waals surface area contributed by atoms with Crippen LogP contribution in [0.2, 0.25) is 0 Å². The third kappa shape index (κ3) is 4.36. The molecule has 1 aliphatic heterocycles. The van der Waals surface area contributed by atoms with Crippen molar-refractivity contribution in [1.82, 2.24) is 9.97 Å². The van der Waals surface area contributed by atoms with Crippen LogP contribution in [0.4, 0.5) is 4.79 Å². The third-order valence-electron chi connectivity index (χ3n) is 3.68. The normalized spacial score (nSPS) is 22.4. The molecule has 0 spiro atoms. The summed E-state index contributed by atoms with van der Waals surface area (Å²) in [7, 11) is 1.30. The molecule has 2 heterocycles. The zero-order chi connectivity index (χ0) is 17.7. The molecule has 5 unspecified atom stereocenters. The van der Waals surface area contributed by atoms with Gasteiger partial charge < -0.3 is 34.6 Å². The van der Waals surface area contributed by atoms with Crippen molar-refractivity contribution in [3.05, 3.63) is 23.8 Å². The fraction of sp³-hybridized carbons (Fsp3) is 0.643. The maximum atomic E-state index is 10.8. The van der Waals surface area contributed by atoms with Crippen LogP contribution in [0.25, 0.3) is 0 Å². The molecule has 1 aliphatic rings. The Balaban J connectivity index is 1.96. The molecule has 0 radical (unpaired) electrons. The maximum absolute atomic E-state index is 10.8. The molecule has 0 saturated carbocycles. The molecule has 24 heavy (non-hydrogen) atoms. The van der Waals surface area contributed by atoms with Crippen LogP contribution in [-0.4, -0.2) is 81.3 Å². The molecule has 0 amide bonds. The molecular formula is C14H20N2O8. The highest BCUT2D eigenvalue weighted by molar-refractivity contribution is 5.61. The van der Waals surface area contributed by atoms with Gasteiger partial charge in [0.25, 0.3) is 0 Å². The average Bonchev–Trinajstić information content (AvgIpc) is 3.02. The van der Waals surface area contributed by atoms with Gasteiger partial charge in [-0.25, -0.2) is 4.79 Å². The summed E-state index contributed by atoms with van der Waals surface area (Å²) >= 11 is 0. The smallest absolute Gasteiger partial charge is 0.430 e. The first-order chi connectivity index (χ1) is 11.5. The van der Waals surface area contributed by atoms with Crippen molar-refractivity contribution in [2.75, 3.05) is 20.3 Å². The average molecular weight is 344 g/mol. The van der Waals surface area contributed by atoms with E-state index < -0.39 is 43.3 Å². The van der Waals surface area contributed by atoms with Crippen molar-refractivity contribution in [2.45, 2.75) is 36.9 Å². The fourth-order valence-corrected chi connectivity index (χ4v) is 2.20. The van der Waals surface area contributed by atoms with Gasteiger partial charge in [-0.1, -0.05) is 0 Å². The van der Waals surface area contributed by atoms with Gasteiger partial charge in [0.1, 0.15) is 31.0 Å². The highest BCUT2D eigenvalue weighted by Crippen LogP contribution is 2.19. The van der Waals surface area contributed by atoms with Crippen molar-refractivity contribution in [3.8, 4) is 0 Å². The molecule has 10 heteroatoms. The Bertz CT molecular complexity index is 536. The summed E-state index contributed by atoms with van der Waals surface area (Å²) in [5.41, 5.74) is 0.494. The van der Waals surface area contributed by atoms with Crippen molar-refractivity contribution < 1.29 is 39.4 Å². The number of hydrogen-bond acceptors (Lipinski definition) is 10. The second kappa shape index (κ2) is 8.31. The lowest BCUT2D eigenvalue weighted by atomic mass is 10.1. The number of ether oxygens (including phenoxy) is 3. The molecule has 0 aliphatic carbocycles. The predicted molar refractivity (Wildman–Crippen MR) is 76.8 cm³/mol. The van der Waals surface area contributed by atoms with Gasteiger partial charge in [0, 0.05) is 19.7 Å². The summed E-state index contributed by atoms with van der Waals surface area (Å²) in [4.78, 5) is 18.9. The zero-order valence-electron chi connectivity index (χ0n) is 13.0. The largest absolute Gasteiger partial charge is 0.508 e. The summed E-state index contributed by atoms with van der Waals surface area (Å²) in [6, 6.07) is 0. The second-order valence-electron chi connectivity index (χ2n) is 5.31. The summed E-state index contributed by atoms with van der Waals surface area (Å²) < 4.78 is 14.2. The number of aliphatic hydroxyl groups is 4. The van der Waals surface area contributed by atoms with Crippen molar-refractivity contribution in [1.29, 1.82) is 0 Å². The van der Waals surface area contributed by atoms with Gasteiger partial charge in [-0.15, -0.1) is 0 Å². The monoisotopic (exact) mass is 344 g/mol. The van der Waals surface area contributed by atoms with Gasteiger partial charge in [0.15, 0.2) is 6.10 Å². The van der Waals surface area contributed by atoms with Crippen LogP contribution in [0.5, 0.6) is 0 Å². The van der Waals surface area contributed by atoms with Crippen LogP contribution in [0.15, 0.2) is 12.4 Å². The first-order valence-electron chi connectivity index (χ1n) is 7.28. The SMILES string of the molecule is COC(CO)C(O)C(O)c1cnc(CC(O)C2COC(=O)O2)cn1. The van der Waals surface area contributed by atoms with Crippen molar-refractivity contribution in [3.63, 3.8) is 0 Å². The molecule has 5 atom stereocenters. The predicted octanol–water partition coefficient (Wildman–Crippen LogP) is -1.68. The Morgan fingerprint density at radius 3 is 2.58 bits per heavy atom. The van der Waals surface area contributed by atoms with Crippen LogP contribution >= 0.6 is 0 Å². The Morgan fingerprint density at radius 1 is 1.33 bits per heavy atom. The highest BCUT2D eigenvalue weighted by atomic mass is 16.8. The molecule has 1 aromatic rings. The molecule has 1 aromatic heterocycles. The van der Waals surface area contributed by atoms with E-state index in [2.05, 4.69) is 14.7 Å². The quantitative estimate of drug-likeness (QED) is 0.402. The van der Waals surface area contributed by atoms with Gasteiger partial charge in [-0.2, -0.15) is 0 Å². The number of nitrogens with zero attached hydrogens (tertiary/aromatic N) is 2.